The molecule has 0 fully saturated rings. The van der Waals surface area contributed by atoms with Gasteiger partial charge in [-0.15, -0.1) is 0 Å². The number of nitrogens with zero attached hydrogens (tertiary/aromatic N) is 2. The summed E-state index contributed by atoms with van der Waals surface area (Å²) in [6.45, 7) is 13.5. The van der Waals surface area contributed by atoms with E-state index in [1.54, 1.807) is 6.21 Å². The van der Waals surface area contributed by atoms with Gasteiger partial charge >= 0.3 is 0 Å². The van der Waals surface area contributed by atoms with Gasteiger partial charge in [0.1, 0.15) is 5.84 Å². The first kappa shape index (κ1) is 13.7. The van der Waals surface area contributed by atoms with Crippen LogP contribution in [-0.4, -0.2) is 12.1 Å². The lowest BCUT2D eigenvalue weighted by Gasteiger charge is -2.00. The first-order valence-electron chi connectivity index (χ1n) is 4.39. The van der Waals surface area contributed by atoms with E-state index in [9.17, 15) is 0 Å². The van der Waals surface area contributed by atoms with Gasteiger partial charge in [0, 0.05) is 18.3 Å². The van der Waals surface area contributed by atoms with Crippen LogP contribution < -0.4 is 0 Å². The van der Waals surface area contributed by atoms with Crippen molar-refractivity contribution in [2.45, 2.75) is 34.6 Å². The highest BCUT2D eigenvalue weighted by Gasteiger charge is 1.98. The van der Waals surface area contributed by atoms with Crippen LogP contribution in [0.3, 0.4) is 0 Å². The van der Waals surface area contributed by atoms with E-state index in [4.69, 9.17) is 0 Å². The molecule has 0 unspecified atom stereocenters. The van der Waals surface area contributed by atoms with E-state index in [2.05, 4.69) is 30.4 Å². The third-order valence-corrected chi connectivity index (χ3v) is 1.00. The molecule has 0 saturated carbocycles. The van der Waals surface area contributed by atoms with Gasteiger partial charge in [0.15, 0.2) is 0 Å². The lowest BCUT2D eigenvalue weighted by atomic mass is 10.2. The Labute approximate surface area is 76.1 Å². The van der Waals surface area contributed by atoms with Gasteiger partial charge in [-0.3, -0.25) is 0 Å². The lowest BCUT2D eigenvalue weighted by molar-refractivity contribution is 0.873. The summed E-state index contributed by atoms with van der Waals surface area (Å²) >= 11 is 0. The second kappa shape index (κ2) is 10.1. The topological polar surface area (TPSA) is 24.7 Å². The molecule has 0 aliphatic rings. The van der Waals surface area contributed by atoms with Crippen molar-refractivity contribution in [3.63, 3.8) is 0 Å². The molecular formula is C10H20N2. The largest absolute Gasteiger partial charge is 0.246 e. The summed E-state index contributed by atoms with van der Waals surface area (Å²) in [5.74, 6) is 1.20. The van der Waals surface area contributed by atoms with Gasteiger partial charge in [-0.1, -0.05) is 34.3 Å². The van der Waals surface area contributed by atoms with E-state index >= 15 is 0 Å². The first-order valence-corrected chi connectivity index (χ1v) is 4.39. The average Bonchev–Trinajstić information content (AvgIpc) is 2.08. The standard InChI is InChI=1S/C8H14N2.C2H6/c1-5-9-8(7(3)4)10-6-2;1-2/h5-7H,1H2,2-4H3;1-2H3. The fraction of sp³-hybridized carbons (Fsp3) is 0.600. The first-order chi connectivity index (χ1) is 5.72. The molecule has 0 heterocycles. The monoisotopic (exact) mass is 168 g/mol. The minimum absolute atomic E-state index is 0.370. The maximum Gasteiger partial charge on any atom is 0.130 e. The number of aliphatic imine (C=N–C) groups is 2. The average molecular weight is 168 g/mol. The Kier molecular flexibility index (Phi) is 11.5. The molecule has 0 rings (SSSR count). The Bertz CT molecular complexity index is 155. The molecule has 2 heteroatoms. The third-order valence-electron chi connectivity index (χ3n) is 1.00. The van der Waals surface area contributed by atoms with E-state index < -0.39 is 0 Å². The normalized spacial score (nSPS) is 11.3. The summed E-state index contributed by atoms with van der Waals surface area (Å²) in [4.78, 5) is 8.06. The molecule has 0 amide bonds. The van der Waals surface area contributed by atoms with Gasteiger partial charge in [0.05, 0.1) is 0 Å². The van der Waals surface area contributed by atoms with Crippen molar-refractivity contribution >= 4 is 12.1 Å². The predicted molar refractivity (Wildman–Crippen MR) is 58.0 cm³/mol. The summed E-state index contributed by atoms with van der Waals surface area (Å²) in [5, 5.41) is 0. The highest BCUT2D eigenvalue weighted by atomic mass is 14.9. The zero-order valence-corrected chi connectivity index (χ0v) is 8.83. The van der Waals surface area contributed by atoms with Crippen LogP contribution in [0.4, 0.5) is 0 Å². The Morgan fingerprint density at radius 3 is 2.08 bits per heavy atom. The number of hydrogen-bond acceptors (Lipinski definition) is 1. The molecule has 0 aromatic heterocycles. The summed E-state index contributed by atoms with van der Waals surface area (Å²) in [7, 11) is 0. The molecule has 0 N–H and O–H groups in total. The molecule has 0 spiro atoms. The van der Waals surface area contributed by atoms with Crippen LogP contribution in [0.2, 0.25) is 0 Å². The van der Waals surface area contributed by atoms with Gasteiger partial charge in [-0.2, -0.15) is 0 Å². The number of rotatable bonds is 2. The number of hydrogen-bond donors (Lipinski definition) is 0. The van der Waals surface area contributed by atoms with Crippen LogP contribution >= 0.6 is 0 Å². The van der Waals surface area contributed by atoms with Crippen LogP contribution in [-0.2, 0) is 0 Å². The van der Waals surface area contributed by atoms with E-state index in [0.29, 0.717) is 5.92 Å². The Morgan fingerprint density at radius 1 is 1.33 bits per heavy atom. The highest BCUT2D eigenvalue weighted by Crippen LogP contribution is 1.98. The zero-order valence-electron chi connectivity index (χ0n) is 8.83. The zero-order chi connectivity index (χ0) is 9.98. The highest BCUT2D eigenvalue weighted by molar-refractivity contribution is 5.90. The predicted octanol–water partition coefficient (Wildman–Crippen LogP) is 3.30. The van der Waals surface area contributed by atoms with Crippen molar-refractivity contribution in [2.75, 3.05) is 0 Å². The van der Waals surface area contributed by atoms with Gasteiger partial charge in [-0.05, 0) is 6.92 Å². The van der Waals surface area contributed by atoms with Crippen LogP contribution in [0, 0.1) is 5.92 Å². The van der Waals surface area contributed by atoms with Crippen molar-refractivity contribution in [1.29, 1.82) is 0 Å². The van der Waals surface area contributed by atoms with Crippen molar-refractivity contribution in [3.8, 4) is 0 Å². The minimum atomic E-state index is 0.370. The van der Waals surface area contributed by atoms with Gasteiger partial charge in [-0.25, -0.2) is 9.98 Å². The summed E-state index contributed by atoms with van der Waals surface area (Å²) in [6.07, 6.45) is 3.25. The maximum atomic E-state index is 4.07. The molecule has 0 aromatic rings. The maximum absolute atomic E-state index is 4.07. The van der Waals surface area contributed by atoms with E-state index in [1.165, 1.54) is 6.20 Å². The Hall–Kier alpha value is -0.920. The Morgan fingerprint density at radius 2 is 1.83 bits per heavy atom. The van der Waals surface area contributed by atoms with Gasteiger partial charge < -0.3 is 0 Å². The van der Waals surface area contributed by atoms with Crippen LogP contribution in [0.25, 0.3) is 0 Å². The Balaban J connectivity index is 0. The third kappa shape index (κ3) is 7.19. The fourth-order valence-corrected chi connectivity index (χ4v) is 0.557. The van der Waals surface area contributed by atoms with Crippen LogP contribution in [0.1, 0.15) is 34.6 Å². The second-order valence-corrected chi connectivity index (χ2v) is 2.21. The van der Waals surface area contributed by atoms with E-state index in [1.807, 2.05) is 20.8 Å². The summed E-state index contributed by atoms with van der Waals surface area (Å²) in [6, 6.07) is 0. The SMILES string of the molecule is C=CN=C(N=CC)C(C)C.CC. The van der Waals surface area contributed by atoms with Crippen molar-refractivity contribution in [1.82, 2.24) is 0 Å². The van der Waals surface area contributed by atoms with Crippen LogP contribution in [0.15, 0.2) is 22.8 Å². The molecule has 0 radical (unpaired) electrons. The van der Waals surface area contributed by atoms with Gasteiger partial charge in [0.25, 0.3) is 0 Å². The lowest BCUT2D eigenvalue weighted by Crippen LogP contribution is -2.03. The van der Waals surface area contributed by atoms with E-state index in [0.717, 1.165) is 5.84 Å². The molecule has 2 nitrogen and oxygen atoms in total. The van der Waals surface area contributed by atoms with Gasteiger partial charge in [0.2, 0.25) is 0 Å². The molecule has 0 bridgehead atoms. The van der Waals surface area contributed by atoms with Crippen molar-refractivity contribution in [3.05, 3.63) is 12.8 Å². The molecule has 12 heavy (non-hydrogen) atoms. The smallest absolute Gasteiger partial charge is 0.130 e. The van der Waals surface area contributed by atoms with Crippen molar-refractivity contribution < 1.29 is 0 Å². The molecular weight excluding hydrogens is 148 g/mol. The molecule has 0 aliphatic carbocycles. The number of amidine groups is 1. The quantitative estimate of drug-likeness (QED) is 0.446. The van der Waals surface area contributed by atoms with Crippen LogP contribution in [0.5, 0.6) is 0 Å². The molecule has 70 valence electrons. The van der Waals surface area contributed by atoms with E-state index in [-0.39, 0.29) is 0 Å². The molecule has 0 atom stereocenters. The summed E-state index contributed by atoms with van der Waals surface area (Å²) < 4.78 is 0. The molecule has 0 aromatic carbocycles. The second-order valence-electron chi connectivity index (χ2n) is 2.21. The fourth-order valence-electron chi connectivity index (χ4n) is 0.557. The minimum Gasteiger partial charge on any atom is -0.246 e. The summed E-state index contributed by atoms with van der Waals surface area (Å²) in [5.41, 5.74) is 0. The molecule has 0 aliphatic heterocycles. The molecule has 0 saturated heterocycles. The van der Waals surface area contributed by atoms with Crippen molar-refractivity contribution in [2.24, 2.45) is 15.9 Å².